The lowest BCUT2D eigenvalue weighted by Crippen LogP contribution is -2.20. The highest BCUT2D eigenvalue weighted by Gasteiger charge is 2.30. The largest absolute Gasteiger partial charge is 0.464 e. The molecule has 10 heteroatoms. The Labute approximate surface area is 183 Å². The van der Waals surface area contributed by atoms with Gasteiger partial charge in [0, 0.05) is 23.8 Å². The molecule has 0 saturated heterocycles. The summed E-state index contributed by atoms with van der Waals surface area (Å²) < 4.78 is 49.0. The van der Waals surface area contributed by atoms with Crippen molar-refractivity contribution in [3.05, 3.63) is 70.3 Å². The van der Waals surface area contributed by atoms with E-state index in [4.69, 9.17) is 19.1 Å². The van der Waals surface area contributed by atoms with E-state index in [1.165, 1.54) is 33.5 Å². The number of carbonyl (C=O) groups excluding carboxylic acids is 1. The first-order valence-corrected chi connectivity index (χ1v) is 9.36. The molecule has 0 bridgehead atoms. The second kappa shape index (κ2) is 11.3. The van der Waals surface area contributed by atoms with E-state index in [1.54, 1.807) is 25.1 Å². The molecule has 0 aliphatic carbocycles. The van der Waals surface area contributed by atoms with Gasteiger partial charge in [-0.15, -0.1) is 0 Å². The van der Waals surface area contributed by atoms with E-state index < -0.39 is 17.7 Å². The normalized spacial score (nSPS) is 12.5. The third-order valence-electron chi connectivity index (χ3n) is 4.41. The Morgan fingerprint density at radius 3 is 2.38 bits per heavy atom. The molecule has 2 aromatic carbocycles. The number of aryl methyl sites for hydroxylation is 1. The number of nitrogens with zero attached hydrogens (tertiary/aromatic N) is 2. The van der Waals surface area contributed by atoms with Gasteiger partial charge in [-0.3, -0.25) is 0 Å². The number of methoxy groups -OCH3 is 2. The predicted octanol–water partition coefficient (Wildman–Crippen LogP) is 4.10. The average Bonchev–Trinajstić information content (AvgIpc) is 2.77. The molecule has 0 radical (unpaired) electrons. The summed E-state index contributed by atoms with van der Waals surface area (Å²) in [4.78, 5) is 22.3. The lowest BCUT2D eigenvalue weighted by Gasteiger charge is -2.13. The van der Waals surface area contributed by atoms with Gasteiger partial charge in [-0.25, -0.2) is 4.79 Å². The van der Waals surface area contributed by atoms with Crippen LogP contribution in [-0.4, -0.2) is 45.3 Å². The van der Waals surface area contributed by atoms with E-state index in [0.717, 1.165) is 17.7 Å². The van der Waals surface area contributed by atoms with Gasteiger partial charge in [-0.05, 0) is 24.6 Å². The van der Waals surface area contributed by atoms with E-state index in [1.807, 2.05) is 0 Å². The number of hydrogen-bond donors (Lipinski definition) is 0. The average molecular weight is 452 g/mol. The molecule has 0 aliphatic rings. The van der Waals surface area contributed by atoms with Crippen molar-refractivity contribution in [2.45, 2.75) is 19.7 Å². The van der Waals surface area contributed by atoms with Crippen LogP contribution >= 0.6 is 0 Å². The van der Waals surface area contributed by atoms with Gasteiger partial charge in [0.05, 0.1) is 19.3 Å². The Bertz CT molecular complexity index is 1000. The Kier molecular flexibility index (Phi) is 8.77. The summed E-state index contributed by atoms with van der Waals surface area (Å²) in [5, 5.41) is 7.74. The third-order valence-corrected chi connectivity index (χ3v) is 4.41. The van der Waals surface area contributed by atoms with Gasteiger partial charge in [-0.1, -0.05) is 40.6 Å². The highest BCUT2D eigenvalue weighted by molar-refractivity contribution is 6.43. The van der Waals surface area contributed by atoms with Crippen molar-refractivity contribution in [2.75, 3.05) is 27.9 Å². The Balaban J connectivity index is 2.36. The number of esters is 1. The van der Waals surface area contributed by atoms with Crippen molar-refractivity contribution in [2.24, 2.45) is 10.3 Å². The van der Waals surface area contributed by atoms with Crippen LogP contribution in [0.25, 0.3) is 0 Å². The van der Waals surface area contributed by atoms with Crippen molar-refractivity contribution in [1.29, 1.82) is 0 Å². The number of alkyl halides is 3. The molecular formula is C22H23F3N2O5. The lowest BCUT2D eigenvalue weighted by atomic mass is 9.99. The van der Waals surface area contributed by atoms with Gasteiger partial charge in [0.1, 0.15) is 19.4 Å². The van der Waals surface area contributed by atoms with Crippen LogP contribution in [0.2, 0.25) is 0 Å². The molecule has 0 amide bonds. The molecule has 0 fully saturated rings. The molecule has 0 atom stereocenters. The zero-order valence-corrected chi connectivity index (χ0v) is 18.0. The maximum atomic E-state index is 13.1. The van der Waals surface area contributed by atoms with E-state index >= 15 is 0 Å². The van der Waals surface area contributed by atoms with Gasteiger partial charge < -0.3 is 19.1 Å². The minimum absolute atomic E-state index is 0.0590. The molecule has 7 nitrogen and oxygen atoms in total. The molecule has 0 saturated carbocycles. The van der Waals surface area contributed by atoms with E-state index in [0.29, 0.717) is 11.1 Å². The van der Waals surface area contributed by atoms with Crippen LogP contribution in [0.1, 0.15) is 27.8 Å². The van der Waals surface area contributed by atoms with E-state index in [2.05, 4.69) is 10.3 Å². The molecule has 0 aliphatic heterocycles. The Morgan fingerprint density at radius 1 is 1.03 bits per heavy atom. The fraction of sp³-hybridized carbons (Fsp3) is 0.318. The molecule has 0 N–H and O–H groups in total. The summed E-state index contributed by atoms with van der Waals surface area (Å²) >= 11 is 0. The topological polar surface area (TPSA) is 78.7 Å². The van der Waals surface area contributed by atoms with Gasteiger partial charge >= 0.3 is 12.1 Å². The predicted molar refractivity (Wildman–Crippen MR) is 111 cm³/mol. The second-order valence-electron chi connectivity index (χ2n) is 6.54. The summed E-state index contributed by atoms with van der Waals surface area (Å²) in [5.41, 5.74) is 1.29. The van der Waals surface area contributed by atoms with Crippen LogP contribution in [0.4, 0.5) is 13.2 Å². The van der Waals surface area contributed by atoms with Gasteiger partial charge in [0.25, 0.3) is 0 Å². The molecule has 2 aromatic rings. The number of hydrogen-bond acceptors (Lipinski definition) is 7. The number of rotatable bonds is 9. The van der Waals surface area contributed by atoms with Gasteiger partial charge in [-0.2, -0.15) is 13.2 Å². The van der Waals surface area contributed by atoms with Crippen LogP contribution in [0.3, 0.4) is 0 Å². The van der Waals surface area contributed by atoms with Crippen molar-refractivity contribution in [3.63, 3.8) is 0 Å². The highest BCUT2D eigenvalue weighted by atomic mass is 19.4. The molecular weight excluding hydrogens is 429 g/mol. The smallest absolute Gasteiger partial charge is 0.416 e. The summed E-state index contributed by atoms with van der Waals surface area (Å²) in [6.45, 7) is 1.64. The van der Waals surface area contributed by atoms with Crippen molar-refractivity contribution >= 4 is 17.4 Å². The number of benzene rings is 2. The van der Waals surface area contributed by atoms with Crippen molar-refractivity contribution in [3.8, 4) is 0 Å². The third kappa shape index (κ3) is 6.30. The minimum Gasteiger partial charge on any atom is -0.464 e. The number of ether oxygens (including phenoxy) is 2. The zero-order chi connectivity index (χ0) is 23.7. The van der Waals surface area contributed by atoms with E-state index in [-0.39, 0.29) is 30.2 Å². The summed E-state index contributed by atoms with van der Waals surface area (Å²) in [7, 11) is 3.91. The highest BCUT2D eigenvalue weighted by Crippen LogP contribution is 2.29. The fourth-order valence-corrected chi connectivity index (χ4v) is 2.85. The van der Waals surface area contributed by atoms with Crippen LogP contribution in [-0.2, 0) is 36.7 Å². The first kappa shape index (κ1) is 24.9. The molecule has 172 valence electrons. The fourth-order valence-electron chi connectivity index (χ4n) is 2.85. The number of halogens is 3. The zero-order valence-electron chi connectivity index (χ0n) is 18.0. The molecule has 0 heterocycles. The van der Waals surface area contributed by atoms with Crippen LogP contribution in [0.5, 0.6) is 0 Å². The molecule has 0 aromatic heterocycles. The minimum atomic E-state index is -4.49. The number of oxime groups is 2. The van der Waals surface area contributed by atoms with Crippen LogP contribution in [0, 0.1) is 6.92 Å². The van der Waals surface area contributed by atoms with Gasteiger partial charge in [0.2, 0.25) is 0 Å². The summed E-state index contributed by atoms with van der Waals surface area (Å²) in [5.74, 6) is -0.703. The number of carbonyl (C=O) groups is 1. The quantitative estimate of drug-likeness (QED) is 0.325. The summed E-state index contributed by atoms with van der Waals surface area (Å²) in [6.07, 6.45) is -4.49. The van der Waals surface area contributed by atoms with E-state index in [9.17, 15) is 18.0 Å². The second-order valence-corrected chi connectivity index (χ2v) is 6.54. The molecule has 32 heavy (non-hydrogen) atoms. The Morgan fingerprint density at radius 2 is 1.75 bits per heavy atom. The van der Waals surface area contributed by atoms with Crippen molar-refractivity contribution in [1.82, 2.24) is 0 Å². The maximum absolute atomic E-state index is 13.1. The maximum Gasteiger partial charge on any atom is 0.416 e. The SMILES string of the molecule is COC/C(=N\OCc1c(C)cccc1/C(=N\OC)C(=O)OC)c1cccc(C(F)(F)F)c1. The van der Waals surface area contributed by atoms with Crippen LogP contribution < -0.4 is 0 Å². The standard InChI is InChI=1S/C22H23F3N2O5/c1-14-7-5-10-17(20(27-31-4)21(28)30-3)18(14)12-32-26-19(13-29-2)15-8-6-9-16(11-15)22(23,24)25/h5-11H,12-13H2,1-4H3/b26-19+,27-20+. The Hall–Kier alpha value is -3.40. The van der Waals surface area contributed by atoms with Gasteiger partial charge in [0.15, 0.2) is 5.71 Å². The lowest BCUT2D eigenvalue weighted by molar-refractivity contribution is -0.137. The molecule has 0 spiro atoms. The monoisotopic (exact) mass is 452 g/mol. The molecule has 2 rings (SSSR count). The van der Waals surface area contributed by atoms with Crippen molar-refractivity contribution < 1.29 is 37.1 Å². The molecule has 0 unspecified atom stereocenters. The first-order chi connectivity index (χ1) is 15.2. The first-order valence-electron chi connectivity index (χ1n) is 9.36. The van der Waals surface area contributed by atoms with Crippen LogP contribution in [0.15, 0.2) is 52.8 Å². The summed E-state index contributed by atoms with van der Waals surface area (Å²) in [6, 6.07) is 9.88.